The summed E-state index contributed by atoms with van der Waals surface area (Å²) in [6.07, 6.45) is 2.84. The van der Waals surface area contributed by atoms with Crippen LogP contribution in [-0.2, 0) is 6.42 Å². The lowest BCUT2D eigenvalue weighted by Gasteiger charge is -2.12. The SMILES string of the molecule is CC(C)c1c(C(=O)NNC2=CCc3ccccc32)nnn1-c1nonc1N. The summed E-state index contributed by atoms with van der Waals surface area (Å²) < 4.78 is 5.99. The smallest absolute Gasteiger partial charge is 0.292 e. The van der Waals surface area contributed by atoms with Crippen molar-refractivity contribution < 1.29 is 9.42 Å². The molecule has 1 aliphatic rings. The largest absolute Gasteiger partial charge is 0.378 e. The van der Waals surface area contributed by atoms with E-state index in [9.17, 15) is 4.79 Å². The second kappa shape index (κ2) is 6.56. The number of hydrogen-bond acceptors (Lipinski definition) is 8. The molecule has 0 aliphatic heterocycles. The van der Waals surface area contributed by atoms with Crippen LogP contribution in [0.3, 0.4) is 0 Å². The van der Waals surface area contributed by atoms with E-state index in [4.69, 9.17) is 5.73 Å². The van der Waals surface area contributed by atoms with Crippen LogP contribution in [0.25, 0.3) is 11.5 Å². The van der Waals surface area contributed by atoms with Gasteiger partial charge in [-0.3, -0.25) is 15.6 Å². The lowest BCUT2D eigenvalue weighted by Crippen LogP contribution is -2.36. The summed E-state index contributed by atoms with van der Waals surface area (Å²) in [5.74, 6) is -0.209. The van der Waals surface area contributed by atoms with Gasteiger partial charge in [-0.15, -0.1) is 5.10 Å². The Morgan fingerprint density at radius 3 is 2.85 bits per heavy atom. The van der Waals surface area contributed by atoms with Crippen LogP contribution in [0.1, 0.15) is 47.1 Å². The molecule has 0 radical (unpaired) electrons. The number of allylic oxidation sites excluding steroid dienone is 1. The van der Waals surface area contributed by atoms with Crippen molar-refractivity contribution >= 4 is 17.4 Å². The molecule has 4 rings (SSSR count). The summed E-state index contributed by atoms with van der Waals surface area (Å²) in [6.45, 7) is 3.83. The van der Waals surface area contributed by atoms with Gasteiger partial charge in [0.25, 0.3) is 5.91 Å². The summed E-state index contributed by atoms with van der Waals surface area (Å²) in [5.41, 5.74) is 15.2. The van der Waals surface area contributed by atoms with Gasteiger partial charge in [-0.25, -0.2) is 4.63 Å². The molecule has 0 spiro atoms. The zero-order valence-electron chi connectivity index (χ0n) is 14.8. The number of nitrogens with one attached hydrogen (secondary N) is 2. The number of rotatable bonds is 5. The fourth-order valence-corrected chi connectivity index (χ4v) is 3.05. The first-order chi connectivity index (χ1) is 13.1. The first kappa shape index (κ1) is 16.8. The molecular weight excluding hydrogens is 348 g/mol. The van der Waals surface area contributed by atoms with Gasteiger partial charge >= 0.3 is 0 Å². The molecule has 1 aromatic carbocycles. The van der Waals surface area contributed by atoms with Crippen LogP contribution in [0.5, 0.6) is 0 Å². The van der Waals surface area contributed by atoms with Gasteiger partial charge < -0.3 is 5.73 Å². The molecule has 0 unspecified atom stereocenters. The van der Waals surface area contributed by atoms with E-state index in [1.807, 2.05) is 38.1 Å². The summed E-state index contributed by atoms with van der Waals surface area (Å²) in [4.78, 5) is 12.7. The molecule has 10 heteroatoms. The van der Waals surface area contributed by atoms with E-state index >= 15 is 0 Å². The molecule has 3 aromatic rings. The molecule has 10 nitrogen and oxygen atoms in total. The third kappa shape index (κ3) is 2.90. The number of fused-ring (bicyclic) bond motifs is 1. The van der Waals surface area contributed by atoms with Gasteiger partial charge in [0.15, 0.2) is 5.69 Å². The van der Waals surface area contributed by atoms with Gasteiger partial charge in [0.1, 0.15) is 0 Å². The van der Waals surface area contributed by atoms with Crippen LogP contribution < -0.4 is 16.6 Å². The molecule has 0 fully saturated rings. The maximum atomic E-state index is 12.7. The average Bonchev–Trinajstić information content (AvgIpc) is 3.37. The number of carbonyl (C=O) groups excluding carboxylic acids is 1. The second-order valence-corrected chi connectivity index (χ2v) is 6.42. The number of amides is 1. The van der Waals surface area contributed by atoms with Gasteiger partial charge in [0.2, 0.25) is 11.6 Å². The van der Waals surface area contributed by atoms with Crippen LogP contribution in [-0.4, -0.2) is 31.2 Å². The van der Waals surface area contributed by atoms with Crippen molar-refractivity contribution in [1.29, 1.82) is 0 Å². The Balaban J connectivity index is 1.56. The zero-order chi connectivity index (χ0) is 19.0. The van der Waals surface area contributed by atoms with Crippen molar-refractivity contribution in [1.82, 2.24) is 36.2 Å². The Labute approximate surface area is 154 Å². The lowest BCUT2D eigenvalue weighted by atomic mass is 10.1. The highest BCUT2D eigenvalue weighted by atomic mass is 16.6. The minimum Gasteiger partial charge on any atom is -0.378 e. The van der Waals surface area contributed by atoms with Gasteiger partial charge in [0, 0.05) is 5.56 Å². The summed E-state index contributed by atoms with van der Waals surface area (Å²) in [6, 6.07) is 8.01. The molecule has 4 N–H and O–H groups in total. The highest BCUT2D eigenvalue weighted by Crippen LogP contribution is 2.25. The highest BCUT2D eigenvalue weighted by molar-refractivity contribution is 5.94. The first-order valence-electron chi connectivity index (χ1n) is 8.45. The molecular formula is C17H18N8O2. The predicted molar refractivity (Wildman–Crippen MR) is 96.4 cm³/mol. The Hall–Kier alpha value is -3.69. The topological polar surface area (TPSA) is 137 Å². The van der Waals surface area contributed by atoms with E-state index in [0.29, 0.717) is 5.69 Å². The minimum atomic E-state index is -0.412. The van der Waals surface area contributed by atoms with Crippen LogP contribution in [0.2, 0.25) is 0 Å². The Bertz CT molecular complexity index is 1030. The monoisotopic (exact) mass is 366 g/mol. The van der Waals surface area contributed by atoms with Crippen molar-refractivity contribution in [3.05, 3.63) is 52.9 Å². The molecule has 0 bridgehead atoms. The van der Waals surface area contributed by atoms with Gasteiger partial charge in [-0.05, 0) is 28.2 Å². The quantitative estimate of drug-likeness (QED) is 0.573. The number of nitrogens with two attached hydrogens (primary N) is 1. The molecule has 27 heavy (non-hydrogen) atoms. The standard InChI is InChI=1S/C17H18N8O2/c1-9(2)14-13(20-24-25(14)16-15(18)22-27-23-16)17(26)21-19-12-8-7-10-5-3-4-6-11(10)12/h3-6,8-9,19H,7H2,1-2H3,(H2,18,22)(H,21,26). The van der Waals surface area contributed by atoms with E-state index in [2.05, 4.69) is 42.2 Å². The van der Waals surface area contributed by atoms with Gasteiger partial charge in [-0.2, -0.15) is 4.68 Å². The molecule has 0 atom stereocenters. The molecule has 0 saturated carbocycles. The summed E-state index contributed by atoms with van der Waals surface area (Å²) in [5, 5.41) is 15.3. The maximum absolute atomic E-state index is 12.7. The zero-order valence-corrected chi connectivity index (χ0v) is 14.8. The number of aromatic nitrogens is 5. The maximum Gasteiger partial charge on any atom is 0.292 e. The van der Waals surface area contributed by atoms with Crippen LogP contribution >= 0.6 is 0 Å². The number of nitrogens with zero attached hydrogens (tertiary/aromatic N) is 5. The van der Waals surface area contributed by atoms with E-state index in [-0.39, 0.29) is 23.2 Å². The third-order valence-electron chi connectivity index (χ3n) is 4.31. The summed E-state index contributed by atoms with van der Waals surface area (Å²) in [7, 11) is 0. The number of hydrazine groups is 1. The van der Waals surface area contributed by atoms with Gasteiger partial charge in [-0.1, -0.05) is 49.4 Å². The van der Waals surface area contributed by atoms with Crippen molar-refractivity contribution in [2.75, 3.05) is 5.73 Å². The van der Waals surface area contributed by atoms with E-state index < -0.39 is 5.91 Å². The molecule has 138 valence electrons. The molecule has 0 saturated heterocycles. The fraction of sp³-hybridized carbons (Fsp3) is 0.235. The number of nitrogen functional groups attached to an aromatic ring is 1. The van der Waals surface area contributed by atoms with Crippen LogP contribution in [0.15, 0.2) is 35.0 Å². The Kier molecular flexibility index (Phi) is 4.07. The van der Waals surface area contributed by atoms with E-state index in [1.54, 1.807) is 0 Å². The minimum absolute atomic E-state index is 0.0664. The third-order valence-corrected chi connectivity index (χ3v) is 4.31. The number of carbonyl (C=O) groups is 1. The first-order valence-corrected chi connectivity index (χ1v) is 8.45. The van der Waals surface area contributed by atoms with Crippen molar-refractivity contribution in [3.8, 4) is 5.82 Å². The van der Waals surface area contributed by atoms with E-state index in [0.717, 1.165) is 17.7 Å². The van der Waals surface area contributed by atoms with Gasteiger partial charge in [0.05, 0.1) is 11.4 Å². The second-order valence-electron chi connectivity index (χ2n) is 6.42. The Morgan fingerprint density at radius 1 is 1.30 bits per heavy atom. The fourth-order valence-electron chi connectivity index (χ4n) is 3.05. The predicted octanol–water partition coefficient (Wildman–Crippen LogP) is 1.19. The number of hydrogen-bond donors (Lipinski definition) is 3. The van der Waals surface area contributed by atoms with Crippen molar-refractivity contribution in [2.24, 2.45) is 0 Å². The van der Waals surface area contributed by atoms with E-state index in [1.165, 1.54) is 10.2 Å². The molecule has 1 aliphatic carbocycles. The average molecular weight is 366 g/mol. The highest BCUT2D eigenvalue weighted by Gasteiger charge is 2.26. The molecule has 2 aromatic heterocycles. The lowest BCUT2D eigenvalue weighted by molar-refractivity contribution is 0.0936. The molecule has 1 amide bonds. The van der Waals surface area contributed by atoms with Crippen LogP contribution in [0, 0.1) is 0 Å². The Morgan fingerprint density at radius 2 is 2.11 bits per heavy atom. The molecule has 2 heterocycles. The summed E-state index contributed by atoms with van der Waals surface area (Å²) >= 11 is 0. The number of anilines is 1. The number of benzene rings is 1. The normalized spacial score (nSPS) is 12.8. The van der Waals surface area contributed by atoms with Crippen molar-refractivity contribution in [2.45, 2.75) is 26.2 Å². The van der Waals surface area contributed by atoms with Crippen LogP contribution in [0.4, 0.5) is 5.82 Å². The van der Waals surface area contributed by atoms with Crippen molar-refractivity contribution in [3.63, 3.8) is 0 Å².